The zero-order valence-electron chi connectivity index (χ0n) is 17.0. The van der Waals surface area contributed by atoms with Crippen LogP contribution >= 0.6 is 0 Å². The molecule has 0 spiro atoms. The van der Waals surface area contributed by atoms with Crippen LogP contribution in [0.5, 0.6) is 0 Å². The number of aryl methyl sites for hydroxylation is 2. The first-order chi connectivity index (χ1) is 13.9. The molecule has 1 amide bonds. The lowest BCUT2D eigenvalue weighted by atomic mass is 10.0. The van der Waals surface area contributed by atoms with E-state index in [0.717, 1.165) is 11.1 Å². The third kappa shape index (κ3) is 5.74. The second-order valence-electron chi connectivity index (χ2n) is 7.32. The Morgan fingerprint density at radius 3 is 2.48 bits per heavy atom. The second kappa shape index (κ2) is 9.47. The highest BCUT2D eigenvalue weighted by molar-refractivity contribution is 5.76. The van der Waals surface area contributed by atoms with E-state index in [4.69, 9.17) is 4.42 Å². The molecular weight excluding hydrogens is 369 g/mol. The van der Waals surface area contributed by atoms with Gasteiger partial charge < -0.3 is 14.6 Å². The van der Waals surface area contributed by atoms with E-state index < -0.39 is 0 Å². The van der Waals surface area contributed by atoms with Crippen LogP contribution in [0.15, 0.2) is 59.1 Å². The maximum atomic E-state index is 13.0. The molecule has 1 N–H and O–H groups in total. The molecule has 0 fully saturated rings. The van der Waals surface area contributed by atoms with Crippen LogP contribution in [0.1, 0.15) is 29.5 Å². The van der Waals surface area contributed by atoms with E-state index in [0.29, 0.717) is 24.6 Å². The summed E-state index contributed by atoms with van der Waals surface area (Å²) >= 11 is 0. The van der Waals surface area contributed by atoms with Crippen molar-refractivity contribution in [1.29, 1.82) is 0 Å². The van der Waals surface area contributed by atoms with Crippen molar-refractivity contribution in [3.63, 3.8) is 0 Å². The quantitative estimate of drug-likeness (QED) is 0.623. The number of nitrogens with one attached hydrogen (secondary N) is 1. The number of likely N-dealkylation sites (N-methyl/N-ethyl adjacent to an activating group) is 1. The van der Waals surface area contributed by atoms with Gasteiger partial charge in [-0.2, -0.15) is 0 Å². The van der Waals surface area contributed by atoms with Crippen LogP contribution in [0.25, 0.3) is 11.3 Å². The molecule has 152 valence electrons. The minimum atomic E-state index is -0.299. The van der Waals surface area contributed by atoms with Crippen molar-refractivity contribution < 1.29 is 13.6 Å². The Labute approximate surface area is 170 Å². The number of aromatic nitrogens is 1. The predicted octanol–water partition coefficient (Wildman–Crippen LogP) is 4.14. The average Bonchev–Trinajstić information content (AvgIpc) is 3.17. The fourth-order valence-electron chi connectivity index (χ4n) is 3.08. The summed E-state index contributed by atoms with van der Waals surface area (Å²) in [5, 5.41) is 3.00. The first kappa shape index (κ1) is 20.7. The van der Waals surface area contributed by atoms with E-state index in [9.17, 15) is 9.18 Å². The van der Waals surface area contributed by atoms with Crippen molar-refractivity contribution in [2.75, 3.05) is 20.6 Å². The minimum Gasteiger partial charge on any atom is -0.441 e. The van der Waals surface area contributed by atoms with Crippen LogP contribution in [-0.4, -0.2) is 36.4 Å². The van der Waals surface area contributed by atoms with Crippen molar-refractivity contribution in [2.24, 2.45) is 0 Å². The average molecular weight is 395 g/mol. The zero-order chi connectivity index (χ0) is 20.8. The highest BCUT2D eigenvalue weighted by Crippen LogP contribution is 2.21. The lowest BCUT2D eigenvalue weighted by Crippen LogP contribution is -2.34. The molecule has 2 aromatic carbocycles. The van der Waals surface area contributed by atoms with Crippen LogP contribution in [0.4, 0.5) is 4.39 Å². The summed E-state index contributed by atoms with van der Waals surface area (Å²) in [4.78, 5) is 18.6. The molecule has 6 heteroatoms. The molecule has 1 aromatic heterocycles. The molecule has 0 aliphatic carbocycles. The number of rotatable bonds is 8. The van der Waals surface area contributed by atoms with E-state index in [-0.39, 0.29) is 24.2 Å². The third-order valence-electron chi connectivity index (χ3n) is 4.83. The monoisotopic (exact) mass is 395 g/mol. The number of carbonyl (C=O) groups is 1. The Bertz CT molecular complexity index is 934. The van der Waals surface area contributed by atoms with E-state index in [1.165, 1.54) is 17.7 Å². The van der Waals surface area contributed by atoms with Gasteiger partial charge in [-0.1, -0.05) is 29.8 Å². The smallest absolute Gasteiger partial charge is 0.220 e. The van der Waals surface area contributed by atoms with Crippen molar-refractivity contribution >= 4 is 5.91 Å². The molecule has 5 nitrogen and oxygen atoms in total. The van der Waals surface area contributed by atoms with Gasteiger partial charge in [0.15, 0.2) is 11.7 Å². The Morgan fingerprint density at radius 1 is 1.14 bits per heavy atom. The Hall–Kier alpha value is -2.99. The zero-order valence-corrected chi connectivity index (χ0v) is 17.0. The molecule has 0 aliphatic heterocycles. The fourth-order valence-corrected chi connectivity index (χ4v) is 3.08. The number of benzene rings is 2. The molecule has 0 radical (unpaired) electrons. The van der Waals surface area contributed by atoms with Gasteiger partial charge in [0, 0.05) is 24.9 Å². The van der Waals surface area contributed by atoms with Crippen LogP contribution in [-0.2, 0) is 11.2 Å². The highest BCUT2D eigenvalue weighted by Gasteiger charge is 2.16. The number of hydrogen-bond acceptors (Lipinski definition) is 4. The molecule has 1 unspecified atom stereocenters. The molecule has 29 heavy (non-hydrogen) atoms. The second-order valence-corrected chi connectivity index (χ2v) is 7.32. The van der Waals surface area contributed by atoms with Crippen molar-refractivity contribution in [3.8, 4) is 11.3 Å². The lowest BCUT2D eigenvalue weighted by Gasteiger charge is -2.25. The molecule has 1 heterocycles. The molecule has 0 bridgehead atoms. The first-order valence-corrected chi connectivity index (χ1v) is 9.62. The first-order valence-electron chi connectivity index (χ1n) is 9.62. The summed E-state index contributed by atoms with van der Waals surface area (Å²) < 4.78 is 18.7. The normalized spacial score (nSPS) is 12.2. The molecule has 0 saturated heterocycles. The van der Waals surface area contributed by atoms with Gasteiger partial charge in [0.05, 0.1) is 12.2 Å². The maximum Gasteiger partial charge on any atom is 0.220 e. The van der Waals surface area contributed by atoms with Gasteiger partial charge in [-0.15, -0.1) is 0 Å². The van der Waals surface area contributed by atoms with Gasteiger partial charge in [-0.3, -0.25) is 4.79 Å². The standard InChI is InChI=1S/C23H26FN3O2/c1-16-4-6-17(7-5-16)20(27(2)3)14-25-22(28)12-13-23-26-15-21(29-23)18-8-10-19(24)11-9-18/h4-11,15,20H,12-14H2,1-3H3,(H,25,28). The van der Waals surface area contributed by atoms with Gasteiger partial charge in [-0.25, -0.2) is 9.37 Å². The number of nitrogens with zero attached hydrogens (tertiary/aromatic N) is 2. The topological polar surface area (TPSA) is 58.4 Å². The molecular formula is C23H26FN3O2. The number of oxazole rings is 1. The summed E-state index contributed by atoms with van der Waals surface area (Å²) in [7, 11) is 4.00. The van der Waals surface area contributed by atoms with E-state index in [1.807, 2.05) is 14.1 Å². The molecule has 0 saturated carbocycles. The van der Waals surface area contributed by atoms with E-state index >= 15 is 0 Å². The van der Waals surface area contributed by atoms with Crippen LogP contribution in [0.3, 0.4) is 0 Å². The van der Waals surface area contributed by atoms with Crippen LogP contribution in [0, 0.1) is 12.7 Å². The van der Waals surface area contributed by atoms with E-state index in [2.05, 4.69) is 46.4 Å². The van der Waals surface area contributed by atoms with Gasteiger partial charge >= 0.3 is 0 Å². The number of carbonyl (C=O) groups excluding carboxylic acids is 1. The summed E-state index contributed by atoms with van der Waals surface area (Å²) in [6.07, 6.45) is 2.29. The SMILES string of the molecule is Cc1ccc(C(CNC(=O)CCc2ncc(-c3ccc(F)cc3)o2)N(C)C)cc1. The Kier molecular flexibility index (Phi) is 6.77. The molecule has 3 rings (SSSR count). The summed E-state index contributed by atoms with van der Waals surface area (Å²) in [5.74, 6) is 0.701. The lowest BCUT2D eigenvalue weighted by molar-refractivity contribution is -0.121. The van der Waals surface area contributed by atoms with Crippen molar-refractivity contribution in [1.82, 2.24) is 15.2 Å². The van der Waals surface area contributed by atoms with Gasteiger partial charge in [0.1, 0.15) is 5.82 Å². The summed E-state index contributed by atoms with van der Waals surface area (Å²) in [5.41, 5.74) is 3.13. The predicted molar refractivity (Wildman–Crippen MR) is 111 cm³/mol. The Balaban J connectivity index is 1.51. The van der Waals surface area contributed by atoms with Crippen molar-refractivity contribution in [2.45, 2.75) is 25.8 Å². The fraction of sp³-hybridized carbons (Fsp3) is 0.304. The number of halogens is 1. The number of hydrogen-bond donors (Lipinski definition) is 1. The minimum absolute atomic E-state index is 0.0505. The Morgan fingerprint density at radius 2 is 1.83 bits per heavy atom. The molecule has 0 aliphatic rings. The molecule has 3 aromatic rings. The van der Waals surface area contributed by atoms with Gasteiger partial charge in [-0.05, 0) is 50.8 Å². The van der Waals surface area contributed by atoms with Crippen molar-refractivity contribution in [3.05, 3.63) is 77.6 Å². The third-order valence-corrected chi connectivity index (χ3v) is 4.83. The van der Waals surface area contributed by atoms with Gasteiger partial charge in [0.25, 0.3) is 0 Å². The maximum absolute atomic E-state index is 13.0. The summed E-state index contributed by atoms with van der Waals surface area (Å²) in [6, 6.07) is 14.5. The largest absolute Gasteiger partial charge is 0.441 e. The van der Waals surface area contributed by atoms with Crippen LogP contribution < -0.4 is 5.32 Å². The number of amides is 1. The van der Waals surface area contributed by atoms with Crippen LogP contribution in [0.2, 0.25) is 0 Å². The molecule has 1 atom stereocenters. The van der Waals surface area contributed by atoms with Gasteiger partial charge in [0.2, 0.25) is 5.91 Å². The van der Waals surface area contributed by atoms with E-state index in [1.54, 1.807) is 18.3 Å². The highest BCUT2D eigenvalue weighted by atomic mass is 19.1. The summed E-state index contributed by atoms with van der Waals surface area (Å²) in [6.45, 7) is 2.59.